The van der Waals surface area contributed by atoms with E-state index in [2.05, 4.69) is 17.6 Å². The Hall–Kier alpha value is -2.04. The number of carbonyl (C=O) groups is 1. The van der Waals surface area contributed by atoms with E-state index in [0.717, 1.165) is 36.4 Å². The van der Waals surface area contributed by atoms with Gasteiger partial charge in [0.1, 0.15) is 12.4 Å². The normalized spacial score (nSPS) is 19.6. The molecule has 0 aromatic heterocycles. The Morgan fingerprint density at radius 2 is 1.88 bits per heavy atom. The van der Waals surface area contributed by atoms with Crippen LogP contribution in [0.2, 0.25) is 0 Å². The third-order valence-electron chi connectivity index (χ3n) is 4.41. The molecular weight excluding hydrogens is 336 g/mol. The molecule has 1 aliphatic heterocycles. The molecule has 5 heteroatoms. The third-order valence-corrected chi connectivity index (χ3v) is 4.41. The topological polar surface area (TPSA) is 50.4 Å². The molecule has 0 saturated carbocycles. The Morgan fingerprint density at radius 3 is 2.64 bits per heavy atom. The van der Waals surface area contributed by atoms with Crippen LogP contribution in [-0.2, 0) is 11.4 Å². The first-order chi connectivity index (χ1) is 11.7. The lowest BCUT2D eigenvalue weighted by atomic mass is 9.92. The number of benzene rings is 2. The smallest absolute Gasteiger partial charge is 0.227 e. The number of amides is 1. The Balaban J connectivity index is 0.00000225. The molecule has 2 atom stereocenters. The minimum absolute atomic E-state index is 0. The summed E-state index contributed by atoms with van der Waals surface area (Å²) in [5.74, 6) is 1.01. The summed E-state index contributed by atoms with van der Waals surface area (Å²) in [7, 11) is 0. The predicted octanol–water partition coefficient (Wildman–Crippen LogP) is 4.01. The zero-order valence-corrected chi connectivity index (χ0v) is 15.2. The lowest BCUT2D eigenvalue weighted by Crippen LogP contribution is -2.40. The van der Waals surface area contributed by atoms with Gasteiger partial charge in [0.25, 0.3) is 0 Å². The van der Waals surface area contributed by atoms with E-state index < -0.39 is 0 Å². The molecule has 0 aliphatic carbocycles. The number of hydrogen-bond donors (Lipinski definition) is 2. The summed E-state index contributed by atoms with van der Waals surface area (Å²) in [6.45, 7) is 3.46. The van der Waals surface area contributed by atoms with Crippen molar-refractivity contribution in [1.29, 1.82) is 0 Å². The monoisotopic (exact) mass is 360 g/mol. The molecule has 1 aliphatic rings. The maximum Gasteiger partial charge on any atom is 0.227 e. The number of carbonyl (C=O) groups excluding carboxylic acids is 1. The Kier molecular flexibility index (Phi) is 7.29. The Labute approximate surface area is 155 Å². The van der Waals surface area contributed by atoms with E-state index in [-0.39, 0.29) is 24.2 Å². The van der Waals surface area contributed by atoms with Gasteiger partial charge in [0, 0.05) is 23.2 Å². The minimum Gasteiger partial charge on any atom is -0.489 e. The molecule has 0 radical (unpaired) electrons. The van der Waals surface area contributed by atoms with Crippen molar-refractivity contribution in [3.63, 3.8) is 0 Å². The number of para-hydroxylation sites is 2. The lowest BCUT2D eigenvalue weighted by molar-refractivity contribution is -0.120. The summed E-state index contributed by atoms with van der Waals surface area (Å²) < 4.78 is 5.82. The average molecular weight is 361 g/mol. The standard InChI is InChI=1S/C20H24N2O2.ClH/c1-15-13-16(11-12-21-15)20(23)22-19-10-6-5-7-17(19)14-24-18-8-3-2-4-9-18;/h2-10,15-16,21H,11-14H2,1H3,(H,22,23);1H/t15-,16-;/m0./s1. The van der Waals surface area contributed by atoms with Crippen molar-refractivity contribution < 1.29 is 9.53 Å². The highest BCUT2D eigenvalue weighted by Gasteiger charge is 2.25. The van der Waals surface area contributed by atoms with E-state index in [1.165, 1.54) is 0 Å². The fourth-order valence-corrected chi connectivity index (χ4v) is 3.05. The molecule has 1 heterocycles. The van der Waals surface area contributed by atoms with Crippen LogP contribution in [0.3, 0.4) is 0 Å². The summed E-state index contributed by atoms with van der Waals surface area (Å²) in [4.78, 5) is 12.6. The minimum atomic E-state index is 0. The molecule has 2 aromatic rings. The van der Waals surface area contributed by atoms with E-state index >= 15 is 0 Å². The van der Waals surface area contributed by atoms with Crippen molar-refractivity contribution in [1.82, 2.24) is 5.32 Å². The average Bonchev–Trinajstić information content (AvgIpc) is 2.62. The first-order valence-electron chi connectivity index (χ1n) is 8.52. The summed E-state index contributed by atoms with van der Waals surface area (Å²) in [5, 5.41) is 6.47. The molecule has 4 nitrogen and oxygen atoms in total. The number of anilines is 1. The van der Waals surface area contributed by atoms with Crippen LogP contribution >= 0.6 is 12.4 Å². The van der Waals surface area contributed by atoms with Crippen molar-refractivity contribution in [3.8, 4) is 5.75 Å². The largest absolute Gasteiger partial charge is 0.489 e. The first-order valence-corrected chi connectivity index (χ1v) is 8.52. The van der Waals surface area contributed by atoms with Gasteiger partial charge < -0.3 is 15.4 Å². The molecule has 0 bridgehead atoms. The molecular formula is C20H25ClN2O2. The second-order valence-corrected chi connectivity index (χ2v) is 6.32. The maximum atomic E-state index is 12.6. The SMILES string of the molecule is C[C@H]1C[C@@H](C(=O)Nc2ccccc2COc2ccccc2)CCN1.Cl. The molecule has 0 unspecified atom stereocenters. The van der Waals surface area contributed by atoms with Gasteiger partial charge in [0.05, 0.1) is 0 Å². The van der Waals surface area contributed by atoms with Crippen molar-refractivity contribution in [2.75, 3.05) is 11.9 Å². The molecule has 2 aromatic carbocycles. The maximum absolute atomic E-state index is 12.6. The zero-order chi connectivity index (χ0) is 16.8. The van der Waals surface area contributed by atoms with Gasteiger partial charge >= 0.3 is 0 Å². The highest BCUT2D eigenvalue weighted by atomic mass is 35.5. The Bertz CT molecular complexity index is 678. The van der Waals surface area contributed by atoms with Gasteiger partial charge in [-0.3, -0.25) is 4.79 Å². The zero-order valence-electron chi connectivity index (χ0n) is 14.4. The van der Waals surface area contributed by atoms with E-state index in [1.54, 1.807) is 0 Å². The van der Waals surface area contributed by atoms with Crippen molar-refractivity contribution in [2.24, 2.45) is 5.92 Å². The van der Waals surface area contributed by atoms with E-state index in [9.17, 15) is 4.79 Å². The van der Waals surface area contributed by atoms with Gasteiger partial charge in [0.15, 0.2) is 0 Å². The van der Waals surface area contributed by atoms with Crippen molar-refractivity contribution >= 4 is 24.0 Å². The molecule has 1 fully saturated rings. The molecule has 1 amide bonds. The molecule has 1 saturated heterocycles. The van der Waals surface area contributed by atoms with Crippen LogP contribution in [-0.4, -0.2) is 18.5 Å². The van der Waals surface area contributed by atoms with Gasteiger partial charge in [-0.1, -0.05) is 36.4 Å². The third kappa shape index (κ3) is 5.48. The Morgan fingerprint density at radius 1 is 1.16 bits per heavy atom. The number of nitrogens with one attached hydrogen (secondary N) is 2. The van der Waals surface area contributed by atoms with Crippen LogP contribution in [0.4, 0.5) is 5.69 Å². The van der Waals surface area contributed by atoms with Crippen LogP contribution in [0.1, 0.15) is 25.3 Å². The quantitative estimate of drug-likeness (QED) is 0.846. The predicted molar refractivity (Wildman–Crippen MR) is 103 cm³/mol. The summed E-state index contributed by atoms with van der Waals surface area (Å²) >= 11 is 0. The van der Waals surface area contributed by atoms with E-state index in [0.29, 0.717) is 12.6 Å². The summed E-state index contributed by atoms with van der Waals surface area (Å²) in [6, 6.07) is 17.9. The summed E-state index contributed by atoms with van der Waals surface area (Å²) in [6.07, 6.45) is 1.77. The highest BCUT2D eigenvalue weighted by Crippen LogP contribution is 2.22. The second kappa shape index (κ2) is 9.44. The number of halogens is 1. The first kappa shape index (κ1) is 19.3. The fourth-order valence-electron chi connectivity index (χ4n) is 3.05. The molecule has 3 rings (SSSR count). The van der Waals surface area contributed by atoms with Crippen LogP contribution in [0.15, 0.2) is 54.6 Å². The van der Waals surface area contributed by atoms with Gasteiger partial charge in [0.2, 0.25) is 5.91 Å². The van der Waals surface area contributed by atoms with Crippen molar-refractivity contribution in [3.05, 3.63) is 60.2 Å². The molecule has 134 valence electrons. The van der Waals surface area contributed by atoms with Gasteiger partial charge in [-0.25, -0.2) is 0 Å². The van der Waals surface area contributed by atoms with Gasteiger partial charge in [-0.2, -0.15) is 0 Å². The van der Waals surface area contributed by atoms with Crippen molar-refractivity contribution in [2.45, 2.75) is 32.4 Å². The van der Waals surface area contributed by atoms with Gasteiger partial charge in [-0.05, 0) is 44.5 Å². The van der Waals surface area contributed by atoms with E-state index in [4.69, 9.17) is 4.74 Å². The number of ether oxygens (including phenoxy) is 1. The van der Waals surface area contributed by atoms with Crippen LogP contribution in [0.25, 0.3) is 0 Å². The number of rotatable bonds is 5. The number of hydrogen-bond acceptors (Lipinski definition) is 3. The highest BCUT2D eigenvalue weighted by molar-refractivity contribution is 5.93. The lowest BCUT2D eigenvalue weighted by Gasteiger charge is -2.27. The second-order valence-electron chi connectivity index (χ2n) is 6.32. The van der Waals surface area contributed by atoms with Crippen LogP contribution in [0.5, 0.6) is 5.75 Å². The van der Waals surface area contributed by atoms with Crippen LogP contribution < -0.4 is 15.4 Å². The van der Waals surface area contributed by atoms with E-state index in [1.807, 2.05) is 54.6 Å². The summed E-state index contributed by atoms with van der Waals surface area (Å²) in [5.41, 5.74) is 1.82. The fraction of sp³-hybridized carbons (Fsp3) is 0.350. The van der Waals surface area contributed by atoms with Crippen LogP contribution in [0, 0.1) is 5.92 Å². The molecule has 25 heavy (non-hydrogen) atoms. The molecule has 0 spiro atoms. The van der Waals surface area contributed by atoms with Gasteiger partial charge in [-0.15, -0.1) is 12.4 Å². The molecule has 2 N–H and O–H groups in total. The number of piperidine rings is 1.